The van der Waals surface area contributed by atoms with Crippen molar-refractivity contribution in [2.45, 2.75) is 32.7 Å². The fourth-order valence-electron chi connectivity index (χ4n) is 4.45. The van der Waals surface area contributed by atoms with E-state index in [1.807, 2.05) is 45.0 Å². The molecule has 1 aliphatic heterocycles. The second kappa shape index (κ2) is 9.94. The fraction of sp³-hybridized carbons (Fsp3) is 0.296. The minimum absolute atomic E-state index is 0.103. The smallest absolute Gasteiger partial charge is 0.251 e. The number of ether oxygens (including phenoxy) is 2. The van der Waals surface area contributed by atoms with Gasteiger partial charge in [-0.15, -0.1) is 6.42 Å². The molecule has 1 aliphatic rings. The molecular weight excluding hydrogens is 444 g/mol. The molecule has 0 saturated heterocycles. The number of nitrogens with one attached hydrogen (secondary N) is 2. The first-order valence-electron chi connectivity index (χ1n) is 11.4. The highest BCUT2D eigenvalue weighted by atomic mass is 16.5. The van der Waals surface area contributed by atoms with Crippen molar-refractivity contribution in [2.24, 2.45) is 7.05 Å². The first-order valence-corrected chi connectivity index (χ1v) is 11.4. The lowest BCUT2D eigenvalue weighted by Crippen LogP contribution is -2.50. The lowest BCUT2D eigenvalue weighted by atomic mass is 9.81. The number of hydrogen-bond donors (Lipinski definition) is 2. The molecule has 0 spiro atoms. The average molecular weight is 473 g/mol. The maximum Gasteiger partial charge on any atom is 0.251 e. The zero-order valence-corrected chi connectivity index (χ0v) is 20.2. The minimum Gasteiger partial charge on any atom is -0.490 e. The Morgan fingerprint density at radius 3 is 2.71 bits per heavy atom. The molecule has 35 heavy (non-hydrogen) atoms. The fourth-order valence-corrected chi connectivity index (χ4v) is 4.45. The molecule has 2 N–H and O–H groups in total. The van der Waals surface area contributed by atoms with E-state index in [-0.39, 0.29) is 18.4 Å². The summed E-state index contributed by atoms with van der Waals surface area (Å²) in [5, 5.41) is 10.4. The highest BCUT2D eigenvalue weighted by Gasteiger charge is 2.41. The number of aryl methyl sites for hydroxylation is 3. The Balaban J connectivity index is 1.80. The molecular formula is C27H28N4O4. The molecule has 2 atom stereocenters. The van der Waals surface area contributed by atoms with Crippen molar-refractivity contribution in [3.8, 4) is 23.8 Å². The third kappa shape index (κ3) is 4.71. The summed E-state index contributed by atoms with van der Waals surface area (Å²) in [6.45, 7) is 6.20. The van der Waals surface area contributed by atoms with Crippen LogP contribution in [0.3, 0.4) is 0 Å². The number of anilines is 1. The van der Waals surface area contributed by atoms with Crippen molar-refractivity contribution in [1.29, 1.82) is 0 Å². The topological polar surface area (TPSA) is 94.5 Å². The predicted molar refractivity (Wildman–Crippen MR) is 133 cm³/mol. The molecule has 2 heterocycles. The highest BCUT2D eigenvalue weighted by molar-refractivity contribution is 6.04. The third-order valence-electron chi connectivity index (χ3n) is 5.94. The number of aromatic nitrogens is 2. The zero-order chi connectivity index (χ0) is 25.1. The second-order valence-corrected chi connectivity index (χ2v) is 8.39. The molecule has 2 amide bonds. The van der Waals surface area contributed by atoms with Crippen LogP contribution in [-0.2, 0) is 11.8 Å². The summed E-state index contributed by atoms with van der Waals surface area (Å²) in [6.07, 6.45) is 5.35. The van der Waals surface area contributed by atoms with Crippen LogP contribution in [0.1, 0.15) is 45.6 Å². The normalized spacial score (nSPS) is 16.6. The van der Waals surface area contributed by atoms with Gasteiger partial charge in [0.1, 0.15) is 18.5 Å². The van der Waals surface area contributed by atoms with Crippen LogP contribution < -0.4 is 20.1 Å². The quantitative estimate of drug-likeness (QED) is 0.515. The van der Waals surface area contributed by atoms with Gasteiger partial charge in [0.2, 0.25) is 5.91 Å². The number of fused-ring (bicyclic) bond motifs is 1. The first kappa shape index (κ1) is 23.9. The second-order valence-electron chi connectivity index (χ2n) is 8.39. The highest BCUT2D eigenvalue weighted by Crippen LogP contribution is 2.42. The molecule has 8 nitrogen and oxygen atoms in total. The van der Waals surface area contributed by atoms with Crippen molar-refractivity contribution in [3.05, 3.63) is 70.4 Å². The largest absolute Gasteiger partial charge is 0.490 e. The monoisotopic (exact) mass is 472 g/mol. The Labute approximate surface area is 204 Å². The average Bonchev–Trinajstić information content (AvgIpc) is 3.11. The van der Waals surface area contributed by atoms with Crippen molar-refractivity contribution in [3.63, 3.8) is 0 Å². The molecule has 0 radical (unpaired) electrons. The summed E-state index contributed by atoms with van der Waals surface area (Å²) in [5.74, 6) is 2.93. The van der Waals surface area contributed by atoms with Gasteiger partial charge >= 0.3 is 0 Å². The number of hydrogen-bond acceptors (Lipinski definition) is 5. The van der Waals surface area contributed by atoms with Gasteiger partial charge in [0.05, 0.1) is 12.3 Å². The van der Waals surface area contributed by atoms with E-state index < -0.39 is 12.0 Å². The van der Waals surface area contributed by atoms with Gasteiger partial charge in [-0.1, -0.05) is 29.7 Å². The van der Waals surface area contributed by atoms with Crippen LogP contribution in [-0.4, -0.2) is 40.9 Å². The molecule has 0 aliphatic carbocycles. The predicted octanol–water partition coefficient (Wildman–Crippen LogP) is 3.33. The van der Waals surface area contributed by atoms with Gasteiger partial charge in [-0.2, -0.15) is 5.10 Å². The van der Waals surface area contributed by atoms with Crippen LogP contribution in [0.4, 0.5) is 5.82 Å². The van der Waals surface area contributed by atoms with E-state index in [0.29, 0.717) is 29.5 Å². The molecule has 3 aromatic rings. The molecule has 0 saturated carbocycles. The van der Waals surface area contributed by atoms with E-state index in [4.69, 9.17) is 15.9 Å². The van der Waals surface area contributed by atoms with Gasteiger partial charge < -0.3 is 20.1 Å². The van der Waals surface area contributed by atoms with E-state index in [9.17, 15) is 9.59 Å². The van der Waals surface area contributed by atoms with Gasteiger partial charge in [-0.3, -0.25) is 14.3 Å². The number of amides is 2. The Morgan fingerprint density at radius 1 is 1.20 bits per heavy atom. The Hall–Kier alpha value is -4.25. The number of rotatable bonds is 7. The van der Waals surface area contributed by atoms with Crippen LogP contribution in [0.2, 0.25) is 0 Å². The summed E-state index contributed by atoms with van der Waals surface area (Å²) in [4.78, 5) is 26.5. The van der Waals surface area contributed by atoms with Gasteiger partial charge in [0.15, 0.2) is 11.5 Å². The van der Waals surface area contributed by atoms with Crippen LogP contribution >= 0.6 is 0 Å². The van der Waals surface area contributed by atoms with E-state index in [1.165, 1.54) is 0 Å². The molecule has 180 valence electrons. The lowest BCUT2D eigenvalue weighted by Gasteiger charge is -2.33. The summed E-state index contributed by atoms with van der Waals surface area (Å²) in [7, 11) is 1.78. The third-order valence-corrected chi connectivity index (χ3v) is 5.94. The number of terminal acetylenes is 1. The van der Waals surface area contributed by atoms with Crippen molar-refractivity contribution >= 4 is 17.6 Å². The van der Waals surface area contributed by atoms with Crippen molar-refractivity contribution in [2.75, 3.05) is 18.5 Å². The lowest BCUT2D eigenvalue weighted by molar-refractivity contribution is -0.118. The standard InChI is InChI=1S/C27H28N4O4/c1-6-13-35-20-12-11-18(15-21(20)34-7-2)23-22-17(4)30-31(5)25(22)29-27(33)24(23)28-26(32)19-10-8-9-16(3)14-19/h1,8-12,14-15,23-24H,7,13H2,2-5H3,(H,28,32)(H,29,33)/t23-,24+/m1/s1. The Morgan fingerprint density at radius 2 is 2.00 bits per heavy atom. The van der Waals surface area contributed by atoms with E-state index in [2.05, 4.69) is 21.7 Å². The SMILES string of the molecule is C#CCOc1ccc([C@@H]2c3c(C)nn(C)c3NC(=O)[C@H]2NC(=O)c2cccc(C)c2)cc1OCC. The number of nitrogens with zero attached hydrogens (tertiary/aromatic N) is 2. The number of benzene rings is 2. The molecule has 4 rings (SSSR count). The van der Waals surface area contributed by atoms with Crippen LogP contribution in [0, 0.1) is 26.2 Å². The zero-order valence-electron chi connectivity index (χ0n) is 20.2. The van der Waals surface area contributed by atoms with E-state index in [0.717, 1.165) is 22.4 Å². The first-order chi connectivity index (χ1) is 16.8. The van der Waals surface area contributed by atoms with Gasteiger partial charge in [-0.25, -0.2) is 0 Å². The summed E-state index contributed by atoms with van der Waals surface area (Å²) in [5.41, 5.74) is 3.81. The summed E-state index contributed by atoms with van der Waals surface area (Å²) in [6, 6.07) is 11.8. The molecule has 0 fully saturated rings. The van der Waals surface area contributed by atoms with Crippen LogP contribution in [0.25, 0.3) is 0 Å². The van der Waals surface area contributed by atoms with Crippen molar-refractivity contribution in [1.82, 2.24) is 15.1 Å². The molecule has 1 aromatic heterocycles. The Bertz CT molecular complexity index is 1320. The van der Waals surface area contributed by atoms with E-state index in [1.54, 1.807) is 29.9 Å². The minimum atomic E-state index is -0.870. The summed E-state index contributed by atoms with van der Waals surface area (Å²) < 4.78 is 13.1. The number of carbonyl (C=O) groups excluding carboxylic acids is 2. The van der Waals surface area contributed by atoms with Crippen molar-refractivity contribution < 1.29 is 19.1 Å². The van der Waals surface area contributed by atoms with Gasteiger partial charge in [0, 0.05) is 24.1 Å². The van der Waals surface area contributed by atoms with Crippen LogP contribution in [0.15, 0.2) is 42.5 Å². The molecule has 8 heteroatoms. The van der Waals surface area contributed by atoms with Gasteiger partial charge in [-0.05, 0) is 50.6 Å². The maximum absolute atomic E-state index is 13.3. The number of carbonyl (C=O) groups is 2. The molecule has 2 aromatic carbocycles. The Kier molecular flexibility index (Phi) is 6.78. The summed E-state index contributed by atoms with van der Waals surface area (Å²) >= 11 is 0. The van der Waals surface area contributed by atoms with Gasteiger partial charge in [0.25, 0.3) is 5.91 Å². The molecule has 0 unspecified atom stereocenters. The molecule has 0 bridgehead atoms. The maximum atomic E-state index is 13.3. The van der Waals surface area contributed by atoms with Crippen LogP contribution in [0.5, 0.6) is 11.5 Å². The van der Waals surface area contributed by atoms with E-state index >= 15 is 0 Å².